The molecule has 0 bridgehead atoms. The standard InChI is InChI=1S/C21H25N3O4S/c1-23(2)17(18-6-4-11-29-18)13-22-19(25)14-7-8-15-16(12-14)21(27)24(20(15)26)9-5-10-28-3/h4,6-8,11-12,17H,5,9-10,13H2,1-3H3,(H,22,25)/t17-/m1/s1. The summed E-state index contributed by atoms with van der Waals surface area (Å²) in [6, 6.07) is 8.75. The van der Waals surface area contributed by atoms with E-state index in [0.717, 1.165) is 4.88 Å². The van der Waals surface area contributed by atoms with Gasteiger partial charge in [-0.25, -0.2) is 0 Å². The van der Waals surface area contributed by atoms with Gasteiger partial charge < -0.3 is 15.0 Å². The van der Waals surface area contributed by atoms with Gasteiger partial charge in [0.25, 0.3) is 17.7 Å². The molecule has 7 nitrogen and oxygen atoms in total. The Bertz CT molecular complexity index is 895. The van der Waals surface area contributed by atoms with Crippen LogP contribution < -0.4 is 5.32 Å². The number of nitrogens with one attached hydrogen (secondary N) is 1. The van der Waals surface area contributed by atoms with Crippen molar-refractivity contribution >= 4 is 29.1 Å². The Labute approximate surface area is 174 Å². The van der Waals surface area contributed by atoms with Gasteiger partial charge in [0.2, 0.25) is 0 Å². The number of methoxy groups -OCH3 is 1. The third kappa shape index (κ3) is 4.55. The van der Waals surface area contributed by atoms with Gasteiger partial charge in [0.05, 0.1) is 17.2 Å². The van der Waals surface area contributed by atoms with Crippen LogP contribution in [0.5, 0.6) is 0 Å². The van der Waals surface area contributed by atoms with E-state index in [-0.39, 0.29) is 29.3 Å². The van der Waals surface area contributed by atoms with Gasteiger partial charge >= 0.3 is 0 Å². The summed E-state index contributed by atoms with van der Waals surface area (Å²) >= 11 is 1.64. The molecule has 8 heteroatoms. The highest BCUT2D eigenvalue weighted by atomic mass is 32.1. The van der Waals surface area contributed by atoms with Gasteiger partial charge in [0, 0.05) is 37.2 Å². The van der Waals surface area contributed by atoms with E-state index in [9.17, 15) is 14.4 Å². The molecule has 1 N–H and O–H groups in total. The summed E-state index contributed by atoms with van der Waals surface area (Å²) in [6.45, 7) is 1.21. The molecule has 2 heterocycles. The SMILES string of the molecule is COCCCN1C(=O)c2ccc(C(=O)NC[C@H](c3cccs3)N(C)C)cc2C1=O. The number of likely N-dealkylation sites (N-methyl/N-ethyl adjacent to an activating group) is 1. The van der Waals surface area contributed by atoms with Gasteiger partial charge in [0.15, 0.2) is 0 Å². The molecule has 154 valence electrons. The number of carbonyl (C=O) groups excluding carboxylic acids is 3. The van der Waals surface area contributed by atoms with E-state index in [1.807, 2.05) is 31.6 Å². The molecule has 1 atom stereocenters. The molecule has 0 unspecified atom stereocenters. The van der Waals surface area contributed by atoms with Gasteiger partial charge in [0.1, 0.15) is 0 Å². The molecule has 29 heavy (non-hydrogen) atoms. The number of hydrogen-bond donors (Lipinski definition) is 1. The van der Waals surface area contributed by atoms with Crippen LogP contribution in [0.25, 0.3) is 0 Å². The van der Waals surface area contributed by atoms with Crippen molar-refractivity contribution in [3.8, 4) is 0 Å². The quantitative estimate of drug-likeness (QED) is 0.503. The van der Waals surface area contributed by atoms with Crippen molar-refractivity contribution in [3.63, 3.8) is 0 Å². The minimum absolute atomic E-state index is 0.0628. The van der Waals surface area contributed by atoms with Crippen molar-refractivity contribution in [2.45, 2.75) is 12.5 Å². The molecular weight excluding hydrogens is 390 g/mol. The van der Waals surface area contributed by atoms with Crippen LogP contribution in [0.1, 0.15) is 48.4 Å². The molecule has 0 spiro atoms. The zero-order valence-electron chi connectivity index (χ0n) is 16.8. The van der Waals surface area contributed by atoms with Gasteiger partial charge in [-0.3, -0.25) is 19.3 Å². The van der Waals surface area contributed by atoms with E-state index in [4.69, 9.17) is 4.74 Å². The number of nitrogens with zero attached hydrogens (tertiary/aromatic N) is 2. The number of ether oxygens (including phenoxy) is 1. The number of hydrogen-bond acceptors (Lipinski definition) is 6. The number of fused-ring (bicyclic) bond motifs is 1. The average Bonchev–Trinajstić information content (AvgIpc) is 3.31. The number of thiophene rings is 1. The average molecular weight is 416 g/mol. The monoisotopic (exact) mass is 415 g/mol. The number of carbonyl (C=O) groups is 3. The van der Waals surface area contributed by atoms with E-state index < -0.39 is 0 Å². The molecule has 1 aliphatic heterocycles. The first kappa shape index (κ1) is 21.2. The van der Waals surface area contributed by atoms with Crippen molar-refractivity contribution in [3.05, 3.63) is 57.3 Å². The van der Waals surface area contributed by atoms with Gasteiger partial charge in [-0.15, -0.1) is 11.3 Å². The Morgan fingerprint density at radius 2 is 1.97 bits per heavy atom. The molecule has 3 rings (SSSR count). The molecule has 0 saturated carbocycles. The summed E-state index contributed by atoms with van der Waals surface area (Å²) in [5.74, 6) is -0.951. The molecule has 0 aliphatic carbocycles. The Hall–Kier alpha value is -2.55. The first-order chi connectivity index (χ1) is 13.9. The van der Waals surface area contributed by atoms with Crippen molar-refractivity contribution < 1.29 is 19.1 Å². The highest BCUT2D eigenvalue weighted by molar-refractivity contribution is 7.10. The van der Waals surface area contributed by atoms with Gasteiger partial charge in [-0.05, 0) is 50.2 Å². The molecule has 1 aromatic carbocycles. The smallest absolute Gasteiger partial charge is 0.261 e. The third-order valence-corrected chi connectivity index (χ3v) is 5.89. The highest BCUT2D eigenvalue weighted by Crippen LogP contribution is 2.25. The second-order valence-corrected chi connectivity index (χ2v) is 8.05. The molecule has 1 aromatic heterocycles. The normalized spacial score (nSPS) is 14.4. The maximum Gasteiger partial charge on any atom is 0.261 e. The second-order valence-electron chi connectivity index (χ2n) is 7.07. The zero-order valence-corrected chi connectivity index (χ0v) is 17.6. The maximum atomic E-state index is 12.7. The Kier molecular flexibility index (Phi) is 6.79. The molecule has 3 amide bonds. The fourth-order valence-corrected chi connectivity index (χ4v) is 4.23. The topological polar surface area (TPSA) is 79.0 Å². The number of amides is 3. The minimum Gasteiger partial charge on any atom is -0.385 e. The minimum atomic E-state index is -0.361. The molecule has 0 fully saturated rings. The molecule has 1 aliphatic rings. The lowest BCUT2D eigenvalue weighted by molar-refractivity contribution is 0.0638. The lowest BCUT2D eigenvalue weighted by atomic mass is 10.1. The maximum absolute atomic E-state index is 12.7. The first-order valence-corrected chi connectivity index (χ1v) is 10.3. The lowest BCUT2D eigenvalue weighted by Crippen LogP contribution is -2.34. The number of rotatable bonds is 9. The van der Waals surface area contributed by atoms with Crippen molar-refractivity contribution in [2.24, 2.45) is 0 Å². The summed E-state index contributed by atoms with van der Waals surface area (Å²) in [5, 5.41) is 4.95. The van der Waals surface area contributed by atoms with E-state index in [1.54, 1.807) is 30.6 Å². The summed E-state index contributed by atoms with van der Waals surface area (Å²) in [5.41, 5.74) is 0.989. The summed E-state index contributed by atoms with van der Waals surface area (Å²) in [4.78, 5) is 42.2. The van der Waals surface area contributed by atoms with Crippen molar-refractivity contribution in [2.75, 3.05) is 40.9 Å². The van der Waals surface area contributed by atoms with Crippen LogP contribution in [0, 0.1) is 0 Å². The first-order valence-electron chi connectivity index (χ1n) is 9.41. The number of benzene rings is 1. The zero-order chi connectivity index (χ0) is 21.0. The predicted molar refractivity (Wildman–Crippen MR) is 111 cm³/mol. The molecular formula is C21H25N3O4S. The largest absolute Gasteiger partial charge is 0.385 e. The highest BCUT2D eigenvalue weighted by Gasteiger charge is 2.35. The molecule has 0 radical (unpaired) electrons. The lowest BCUT2D eigenvalue weighted by Gasteiger charge is -2.23. The van der Waals surface area contributed by atoms with Crippen LogP contribution in [-0.2, 0) is 4.74 Å². The second kappa shape index (κ2) is 9.30. The molecule has 2 aromatic rings. The van der Waals surface area contributed by atoms with Crippen LogP contribution in [-0.4, -0.2) is 68.4 Å². The Morgan fingerprint density at radius 3 is 2.62 bits per heavy atom. The fourth-order valence-electron chi connectivity index (χ4n) is 3.31. The predicted octanol–water partition coefficient (Wildman–Crippen LogP) is 2.41. The summed E-state index contributed by atoms with van der Waals surface area (Å²) in [7, 11) is 5.51. The van der Waals surface area contributed by atoms with Crippen LogP contribution >= 0.6 is 11.3 Å². The Balaban J connectivity index is 1.69. The van der Waals surface area contributed by atoms with E-state index in [0.29, 0.717) is 37.2 Å². The van der Waals surface area contributed by atoms with Crippen molar-refractivity contribution in [1.29, 1.82) is 0 Å². The summed E-state index contributed by atoms with van der Waals surface area (Å²) in [6.07, 6.45) is 0.573. The van der Waals surface area contributed by atoms with Gasteiger partial charge in [-0.2, -0.15) is 0 Å². The van der Waals surface area contributed by atoms with Crippen LogP contribution in [0.4, 0.5) is 0 Å². The summed E-state index contributed by atoms with van der Waals surface area (Å²) < 4.78 is 4.98. The third-order valence-electron chi connectivity index (χ3n) is 4.91. The molecule has 0 saturated heterocycles. The van der Waals surface area contributed by atoms with Crippen LogP contribution in [0.3, 0.4) is 0 Å². The Morgan fingerprint density at radius 1 is 1.21 bits per heavy atom. The van der Waals surface area contributed by atoms with E-state index in [1.165, 1.54) is 11.0 Å². The van der Waals surface area contributed by atoms with Crippen LogP contribution in [0.2, 0.25) is 0 Å². The van der Waals surface area contributed by atoms with E-state index >= 15 is 0 Å². The number of imide groups is 1. The van der Waals surface area contributed by atoms with Crippen LogP contribution in [0.15, 0.2) is 35.7 Å². The van der Waals surface area contributed by atoms with Crippen molar-refractivity contribution in [1.82, 2.24) is 15.1 Å². The van der Waals surface area contributed by atoms with Gasteiger partial charge in [-0.1, -0.05) is 6.07 Å². The fraction of sp³-hybridized carbons (Fsp3) is 0.381. The van der Waals surface area contributed by atoms with E-state index in [2.05, 4.69) is 10.2 Å².